The Balaban J connectivity index is 2.02. The van der Waals surface area contributed by atoms with Crippen LogP contribution in [0.1, 0.15) is 12.5 Å². The highest BCUT2D eigenvalue weighted by atomic mass is 16.7. The molecule has 9 heteroatoms. The van der Waals surface area contributed by atoms with E-state index in [0.717, 1.165) is 0 Å². The molecule has 20 heavy (non-hydrogen) atoms. The average molecular weight is 282 g/mol. The zero-order valence-electron chi connectivity index (χ0n) is 10.4. The SMILES string of the molecule is O=c1[nH]cnc2c1ncn2C1CC(CO)C(O)OC1O. The highest BCUT2D eigenvalue weighted by molar-refractivity contribution is 5.68. The maximum Gasteiger partial charge on any atom is 0.278 e. The van der Waals surface area contributed by atoms with Crippen molar-refractivity contribution in [1.82, 2.24) is 19.5 Å². The van der Waals surface area contributed by atoms with Gasteiger partial charge in [-0.1, -0.05) is 0 Å². The van der Waals surface area contributed by atoms with E-state index in [1.165, 1.54) is 17.2 Å². The molecule has 0 bridgehead atoms. The van der Waals surface area contributed by atoms with Crippen LogP contribution in [0.3, 0.4) is 0 Å². The van der Waals surface area contributed by atoms with Crippen LogP contribution in [0.2, 0.25) is 0 Å². The molecule has 0 amide bonds. The number of hydrogen-bond donors (Lipinski definition) is 4. The molecule has 3 heterocycles. The first-order valence-electron chi connectivity index (χ1n) is 6.14. The van der Waals surface area contributed by atoms with Crippen molar-refractivity contribution in [1.29, 1.82) is 0 Å². The molecule has 0 radical (unpaired) electrons. The van der Waals surface area contributed by atoms with Crippen molar-refractivity contribution in [3.8, 4) is 0 Å². The Morgan fingerprint density at radius 2 is 2.20 bits per heavy atom. The average Bonchev–Trinajstić information content (AvgIpc) is 2.84. The molecular weight excluding hydrogens is 268 g/mol. The smallest absolute Gasteiger partial charge is 0.278 e. The Bertz CT molecular complexity index is 668. The Morgan fingerprint density at radius 1 is 1.40 bits per heavy atom. The maximum atomic E-state index is 11.6. The van der Waals surface area contributed by atoms with Crippen molar-refractivity contribution in [2.45, 2.75) is 25.0 Å². The Hall–Kier alpha value is -1.81. The Labute approximate surface area is 112 Å². The summed E-state index contributed by atoms with van der Waals surface area (Å²) in [4.78, 5) is 22.0. The molecule has 0 aliphatic carbocycles. The van der Waals surface area contributed by atoms with Gasteiger partial charge in [0.05, 0.1) is 25.3 Å². The first-order valence-corrected chi connectivity index (χ1v) is 6.14. The van der Waals surface area contributed by atoms with Crippen LogP contribution in [0.5, 0.6) is 0 Å². The van der Waals surface area contributed by atoms with Gasteiger partial charge in [-0.3, -0.25) is 4.79 Å². The van der Waals surface area contributed by atoms with Gasteiger partial charge in [-0.05, 0) is 6.42 Å². The second kappa shape index (κ2) is 4.94. The molecule has 0 aromatic carbocycles. The number of aromatic nitrogens is 4. The molecule has 9 nitrogen and oxygen atoms in total. The van der Waals surface area contributed by atoms with Crippen molar-refractivity contribution in [2.24, 2.45) is 5.92 Å². The molecule has 2 aromatic rings. The zero-order chi connectivity index (χ0) is 14.3. The van der Waals surface area contributed by atoms with E-state index < -0.39 is 24.5 Å². The van der Waals surface area contributed by atoms with Gasteiger partial charge in [0.25, 0.3) is 5.56 Å². The molecule has 1 aliphatic heterocycles. The number of hydrogen-bond acceptors (Lipinski definition) is 7. The normalized spacial score (nSPS) is 30.8. The van der Waals surface area contributed by atoms with Crippen molar-refractivity contribution in [2.75, 3.05) is 6.61 Å². The predicted octanol–water partition coefficient (Wildman–Crippen LogP) is -1.67. The van der Waals surface area contributed by atoms with Gasteiger partial charge >= 0.3 is 0 Å². The Kier molecular flexibility index (Phi) is 3.26. The molecule has 3 rings (SSSR count). The number of H-pyrrole nitrogens is 1. The van der Waals surface area contributed by atoms with Crippen LogP contribution >= 0.6 is 0 Å². The second-order valence-corrected chi connectivity index (χ2v) is 4.72. The lowest BCUT2D eigenvalue weighted by Crippen LogP contribution is -2.43. The van der Waals surface area contributed by atoms with Crippen molar-refractivity contribution < 1.29 is 20.1 Å². The van der Waals surface area contributed by atoms with E-state index in [1.54, 1.807) is 0 Å². The molecule has 4 unspecified atom stereocenters. The second-order valence-electron chi connectivity index (χ2n) is 4.72. The molecule has 2 aromatic heterocycles. The number of imidazole rings is 1. The van der Waals surface area contributed by atoms with Gasteiger partial charge in [0.15, 0.2) is 23.7 Å². The number of aromatic amines is 1. The van der Waals surface area contributed by atoms with E-state index in [2.05, 4.69) is 15.0 Å². The lowest BCUT2D eigenvalue weighted by molar-refractivity contribution is -0.275. The van der Waals surface area contributed by atoms with Gasteiger partial charge in [-0.2, -0.15) is 0 Å². The van der Waals surface area contributed by atoms with Gasteiger partial charge < -0.3 is 29.6 Å². The molecule has 108 valence electrons. The molecule has 1 fully saturated rings. The van der Waals surface area contributed by atoms with Crippen molar-refractivity contribution >= 4 is 11.2 Å². The summed E-state index contributed by atoms with van der Waals surface area (Å²) in [7, 11) is 0. The van der Waals surface area contributed by atoms with Gasteiger partial charge in [-0.25, -0.2) is 9.97 Å². The maximum absolute atomic E-state index is 11.6. The summed E-state index contributed by atoms with van der Waals surface area (Å²) >= 11 is 0. The van der Waals surface area contributed by atoms with Crippen molar-refractivity contribution in [3.63, 3.8) is 0 Å². The van der Waals surface area contributed by atoms with E-state index in [0.29, 0.717) is 5.65 Å². The minimum Gasteiger partial charge on any atom is -0.396 e. The summed E-state index contributed by atoms with van der Waals surface area (Å²) in [6.07, 6.45) is 0.412. The number of rotatable bonds is 2. The first-order chi connectivity index (χ1) is 9.61. The third kappa shape index (κ3) is 2.00. The third-order valence-corrected chi connectivity index (χ3v) is 3.51. The number of ether oxygens (including phenoxy) is 1. The predicted molar refractivity (Wildman–Crippen MR) is 65.5 cm³/mol. The van der Waals surface area contributed by atoms with E-state index in [4.69, 9.17) is 4.74 Å². The minimum atomic E-state index is -1.27. The van der Waals surface area contributed by atoms with E-state index in [-0.39, 0.29) is 24.1 Å². The lowest BCUT2D eigenvalue weighted by Gasteiger charge is -2.36. The molecule has 4 atom stereocenters. The summed E-state index contributed by atoms with van der Waals surface area (Å²) in [5, 5.41) is 28.7. The number of aliphatic hydroxyl groups is 3. The van der Waals surface area contributed by atoms with Crippen LogP contribution in [-0.4, -0.2) is 54.0 Å². The zero-order valence-corrected chi connectivity index (χ0v) is 10.4. The summed E-state index contributed by atoms with van der Waals surface area (Å²) in [5.74, 6) is -0.525. The summed E-state index contributed by atoms with van der Waals surface area (Å²) in [6, 6.07) is -0.588. The van der Waals surface area contributed by atoms with Gasteiger partial charge in [0.2, 0.25) is 0 Å². The van der Waals surface area contributed by atoms with E-state index >= 15 is 0 Å². The van der Waals surface area contributed by atoms with Crippen LogP contribution in [-0.2, 0) is 4.74 Å². The lowest BCUT2D eigenvalue weighted by atomic mass is 9.96. The number of fused-ring (bicyclic) bond motifs is 1. The Morgan fingerprint density at radius 3 is 2.95 bits per heavy atom. The molecule has 0 spiro atoms. The summed E-state index contributed by atoms with van der Waals surface area (Å²) in [6.45, 7) is -0.273. The highest BCUT2D eigenvalue weighted by Crippen LogP contribution is 2.32. The molecule has 1 aliphatic rings. The fourth-order valence-corrected chi connectivity index (χ4v) is 2.41. The summed E-state index contributed by atoms with van der Waals surface area (Å²) < 4.78 is 6.51. The quantitative estimate of drug-likeness (QED) is 0.517. The number of nitrogens with one attached hydrogen (secondary N) is 1. The summed E-state index contributed by atoms with van der Waals surface area (Å²) in [5.41, 5.74) is 0.0968. The standard InChI is InChI=1S/C11H14N4O5/c16-2-5-1-6(11(19)20-10(5)18)15-4-14-7-8(15)12-3-13-9(7)17/h3-6,10-11,16,18-19H,1-2H2,(H,12,13,17). The fraction of sp³-hybridized carbons (Fsp3) is 0.545. The van der Waals surface area contributed by atoms with E-state index in [9.17, 15) is 20.1 Å². The largest absolute Gasteiger partial charge is 0.396 e. The fourth-order valence-electron chi connectivity index (χ4n) is 2.41. The molecule has 0 saturated carbocycles. The number of aliphatic hydroxyl groups excluding tert-OH is 3. The van der Waals surface area contributed by atoms with Crippen LogP contribution in [0.15, 0.2) is 17.4 Å². The molecule has 1 saturated heterocycles. The van der Waals surface area contributed by atoms with Crippen molar-refractivity contribution in [3.05, 3.63) is 23.0 Å². The van der Waals surface area contributed by atoms with Gasteiger partial charge in [0.1, 0.15) is 0 Å². The third-order valence-electron chi connectivity index (χ3n) is 3.51. The minimum absolute atomic E-state index is 0.159. The topological polar surface area (TPSA) is 133 Å². The van der Waals surface area contributed by atoms with Crippen LogP contribution in [0, 0.1) is 5.92 Å². The van der Waals surface area contributed by atoms with Gasteiger partial charge in [0, 0.05) is 5.92 Å². The van der Waals surface area contributed by atoms with Crippen LogP contribution < -0.4 is 5.56 Å². The van der Waals surface area contributed by atoms with Gasteiger partial charge in [-0.15, -0.1) is 0 Å². The highest BCUT2D eigenvalue weighted by Gasteiger charge is 2.37. The first kappa shape index (κ1) is 13.2. The molecular formula is C11H14N4O5. The van der Waals surface area contributed by atoms with Crippen LogP contribution in [0.25, 0.3) is 11.2 Å². The van der Waals surface area contributed by atoms with Crippen LogP contribution in [0.4, 0.5) is 0 Å². The van der Waals surface area contributed by atoms with E-state index in [1.807, 2.05) is 0 Å². The molecule has 4 N–H and O–H groups in total. The number of nitrogens with zero attached hydrogens (tertiary/aromatic N) is 3. The monoisotopic (exact) mass is 282 g/mol.